The van der Waals surface area contributed by atoms with Crippen LogP contribution in [-0.4, -0.2) is 45.1 Å². The second-order valence-electron chi connectivity index (χ2n) is 8.76. The number of benzene rings is 3. The van der Waals surface area contributed by atoms with E-state index in [4.69, 9.17) is 14.2 Å². The highest BCUT2D eigenvalue weighted by molar-refractivity contribution is 5.49. The largest absolute Gasteiger partial charge is 0.497 e. The summed E-state index contributed by atoms with van der Waals surface area (Å²) in [4.78, 5) is 0. The van der Waals surface area contributed by atoms with Gasteiger partial charge in [-0.2, -0.15) is 0 Å². The number of hydrogen-bond acceptors (Lipinski definition) is 5. The van der Waals surface area contributed by atoms with Crippen molar-refractivity contribution in [2.24, 2.45) is 5.92 Å². The first-order valence-corrected chi connectivity index (χ1v) is 12.0. The van der Waals surface area contributed by atoms with Crippen molar-refractivity contribution in [1.82, 2.24) is 5.32 Å². The zero-order chi connectivity index (χ0) is 23.8. The SMILES string of the molecule is COc1ccc(C(OC(CCO)C2CCNCC2)(c2ccccc2)c2ccc(OC)cc2)cc1. The number of nitrogens with one attached hydrogen (secondary N) is 1. The van der Waals surface area contributed by atoms with Crippen molar-refractivity contribution in [3.05, 3.63) is 95.6 Å². The molecular weight excluding hydrogens is 426 g/mol. The fourth-order valence-corrected chi connectivity index (χ4v) is 4.99. The molecule has 0 spiro atoms. The summed E-state index contributed by atoms with van der Waals surface area (Å²) in [6.07, 6.45) is 2.55. The van der Waals surface area contributed by atoms with Gasteiger partial charge < -0.3 is 24.6 Å². The summed E-state index contributed by atoms with van der Waals surface area (Å²) < 4.78 is 18.1. The van der Waals surface area contributed by atoms with Gasteiger partial charge in [0.1, 0.15) is 17.1 Å². The molecule has 0 radical (unpaired) electrons. The summed E-state index contributed by atoms with van der Waals surface area (Å²) in [7, 11) is 3.35. The summed E-state index contributed by atoms with van der Waals surface area (Å²) in [5.74, 6) is 1.96. The van der Waals surface area contributed by atoms with Gasteiger partial charge in [-0.25, -0.2) is 0 Å². The fraction of sp³-hybridized carbons (Fsp3) is 0.379. The topological polar surface area (TPSA) is 60.0 Å². The number of hydrogen-bond donors (Lipinski definition) is 2. The summed E-state index contributed by atoms with van der Waals surface area (Å²) in [6.45, 7) is 2.03. The second-order valence-corrected chi connectivity index (χ2v) is 8.76. The quantitative estimate of drug-likeness (QED) is 0.426. The van der Waals surface area contributed by atoms with E-state index in [0.29, 0.717) is 12.3 Å². The molecule has 1 saturated heterocycles. The Balaban J connectivity index is 1.90. The molecule has 3 aromatic rings. The monoisotopic (exact) mass is 461 g/mol. The van der Waals surface area contributed by atoms with Crippen LogP contribution >= 0.6 is 0 Å². The highest BCUT2D eigenvalue weighted by Crippen LogP contribution is 2.44. The van der Waals surface area contributed by atoms with E-state index < -0.39 is 5.60 Å². The highest BCUT2D eigenvalue weighted by atomic mass is 16.5. The van der Waals surface area contributed by atoms with Gasteiger partial charge in [-0.15, -0.1) is 0 Å². The lowest BCUT2D eigenvalue weighted by atomic mass is 9.79. The van der Waals surface area contributed by atoms with Crippen LogP contribution in [0.25, 0.3) is 0 Å². The third-order valence-corrected chi connectivity index (χ3v) is 6.82. The van der Waals surface area contributed by atoms with Gasteiger partial charge in [0.05, 0.1) is 20.3 Å². The number of rotatable bonds is 10. The summed E-state index contributed by atoms with van der Waals surface area (Å²) in [5.41, 5.74) is 2.22. The highest BCUT2D eigenvalue weighted by Gasteiger charge is 2.41. The first kappa shape index (κ1) is 24.3. The van der Waals surface area contributed by atoms with Crippen LogP contribution in [0.3, 0.4) is 0 Å². The minimum Gasteiger partial charge on any atom is -0.497 e. The van der Waals surface area contributed by atoms with Gasteiger partial charge >= 0.3 is 0 Å². The van der Waals surface area contributed by atoms with Crippen molar-refractivity contribution in [2.75, 3.05) is 33.9 Å². The number of ether oxygens (including phenoxy) is 3. The number of methoxy groups -OCH3 is 2. The average molecular weight is 462 g/mol. The lowest BCUT2D eigenvalue weighted by molar-refractivity contribution is -0.0879. The second kappa shape index (κ2) is 11.5. The molecule has 4 rings (SSSR count). The molecule has 1 unspecified atom stereocenters. The van der Waals surface area contributed by atoms with Gasteiger partial charge in [0.15, 0.2) is 0 Å². The number of piperidine rings is 1. The molecule has 3 aromatic carbocycles. The standard InChI is InChI=1S/C29H35NO4/c1-32-26-12-8-24(9-13-26)29(23-6-4-3-5-7-23,25-10-14-27(33-2)15-11-25)34-28(18-21-31)22-16-19-30-20-17-22/h3-15,22,28,30-31H,16-21H2,1-2H3. The molecule has 1 aliphatic heterocycles. The maximum Gasteiger partial charge on any atom is 0.144 e. The Morgan fingerprint density at radius 2 is 1.29 bits per heavy atom. The maximum absolute atomic E-state index is 9.98. The van der Waals surface area contributed by atoms with E-state index in [9.17, 15) is 5.11 Å². The molecule has 0 aliphatic carbocycles. The minimum absolute atomic E-state index is 0.0880. The lowest BCUT2D eigenvalue weighted by Crippen LogP contribution is -2.43. The molecule has 2 N–H and O–H groups in total. The van der Waals surface area contributed by atoms with Crippen LogP contribution in [0.5, 0.6) is 11.5 Å². The molecule has 0 saturated carbocycles. The molecule has 34 heavy (non-hydrogen) atoms. The van der Waals surface area contributed by atoms with E-state index in [1.807, 2.05) is 42.5 Å². The van der Waals surface area contributed by atoms with Crippen LogP contribution in [0.4, 0.5) is 0 Å². The van der Waals surface area contributed by atoms with Gasteiger partial charge in [-0.3, -0.25) is 0 Å². The molecule has 5 nitrogen and oxygen atoms in total. The van der Waals surface area contributed by atoms with E-state index in [1.54, 1.807) is 14.2 Å². The Kier molecular flexibility index (Phi) is 8.22. The van der Waals surface area contributed by atoms with Crippen LogP contribution in [0.2, 0.25) is 0 Å². The molecule has 1 heterocycles. The average Bonchev–Trinajstić information content (AvgIpc) is 2.92. The van der Waals surface area contributed by atoms with Gasteiger partial charge in [-0.1, -0.05) is 54.6 Å². The van der Waals surface area contributed by atoms with Crippen LogP contribution in [0, 0.1) is 5.92 Å². The third kappa shape index (κ3) is 5.12. The van der Waals surface area contributed by atoms with Gasteiger partial charge in [0.2, 0.25) is 0 Å². The smallest absolute Gasteiger partial charge is 0.144 e. The maximum atomic E-state index is 9.98. The fourth-order valence-electron chi connectivity index (χ4n) is 4.99. The van der Waals surface area contributed by atoms with Crippen LogP contribution in [0.1, 0.15) is 36.0 Å². The Hall–Kier alpha value is -2.86. The molecular formula is C29H35NO4. The summed E-state index contributed by atoms with van der Waals surface area (Å²) in [6, 6.07) is 26.6. The van der Waals surface area contributed by atoms with E-state index in [1.165, 1.54) is 0 Å². The molecule has 0 bridgehead atoms. The van der Waals surface area contributed by atoms with Crippen molar-refractivity contribution < 1.29 is 19.3 Å². The Morgan fingerprint density at radius 3 is 1.76 bits per heavy atom. The predicted molar refractivity (Wildman–Crippen MR) is 134 cm³/mol. The zero-order valence-electron chi connectivity index (χ0n) is 20.1. The van der Waals surface area contributed by atoms with Crippen LogP contribution in [-0.2, 0) is 10.3 Å². The van der Waals surface area contributed by atoms with Crippen LogP contribution < -0.4 is 14.8 Å². The lowest BCUT2D eigenvalue weighted by Gasteiger charge is -2.42. The van der Waals surface area contributed by atoms with Crippen molar-refractivity contribution in [3.8, 4) is 11.5 Å². The summed E-state index contributed by atoms with van der Waals surface area (Å²) in [5, 5.41) is 13.4. The van der Waals surface area contributed by atoms with Crippen LogP contribution in [0.15, 0.2) is 78.9 Å². The molecule has 0 aromatic heterocycles. The first-order valence-electron chi connectivity index (χ1n) is 12.0. The molecule has 1 aliphatic rings. The Bertz CT molecular complexity index is 951. The van der Waals surface area contributed by atoms with Crippen molar-refractivity contribution >= 4 is 0 Å². The van der Waals surface area contributed by atoms with Crippen molar-refractivity contribution in [2.45, 2.75) is 31.0 Å². The van der Waals surface area contributed by atoms with Gasteiger partial charge in [-0.05, 0) is 79.2 Å². The van der Waals surface area contributed by atoms with Crippen molar-refractivity contribution in [3.63, 3.8) is 0 Å². The normalized spacial score (nSPS) is 15.6. The molecule has 1 atom stereocenters. The molecule has 0 amide bonds. The van der Waals surface area contributed by atoms with Gasteiger partial charge in [0, 0.05) is 6.61 Å². The predicted octanol–water partition coefficient (Wildman–Crippen LogP) is 4.76. The molecule has 180 valence electrons. The van der Waals surface area contributed by atoms with Crippen molar-refractivity contribution in [1.29, 1.82) is 0 Å². The summed E-state index contributed by atoms with van der Waals surface area (Å²) >= 11 is 0. The van der Waals surface area contributed by atoms with E-state index in [-0.39, 0.29) is 12.7 Å². The van der Waals surface area contributed by atoms with E-state index in [2.05, 4.69) is 41.7 Å². The van der Waals surface area contributed by atoms with E-state index >= 15 is 0 Å². The van der Waals surface area contributed by atoms with Gasteiger partial charge in [0.25, 0.3) is 0 Å². The number of aliphatic hydroxyl groups is 1. The zero-order valence-corrected chi connectivity index (χ0v) is 20.1. The third-order valence-electron chi connectivity index (χ3n) is 6.82. The molecule has 5 heteroatoms. The minimum atomic E-state index is -0.857. The Morgan fingerprint density at radius 1 is 0.794 bits per heavy atom. The van der Waals surface area contributed by atoms with E-state index in [0.717, 1.165) is 54.1 Å². The first-order chi connectivity index (χ1) is 16.7. The molecule has 1 fully saturated rings. The Labute approximate surface area is 202 Å². The number of aliphatic hydroxyl groups excluding tert-OH is 1.